The predicted octanol–water partition coefficient (Wildman–Crippen LogP) is 2.30. The molecule has 1 fully saturated rings. The maximum absolute atomic E-state index is 11.5. The van der Waals surface area contributed by atoms with Gasteiger partial charge in [-0.05, 0) is 48.9 Å². The van der Waals surface area contributed by atoms with Crippen LogP contribution in [0.15, 0.2) is 36.4 Å². The third kappa shape index (κ3) is 4.07. The Morgan fingerprint density at radius 2 is 1.96 bits per heavy atom. The van der Waals surface area contributed by atoms with E-state index in [0.717, 1.165) is 43.9 Å². The molecule has 0 aliphatic carbocycles. The van der Waals surface area contributed by atoms with Gasteiger partial charge in [0.25, 0.3) is 5.91 Å². The number of rotatable bonds is 5. The largest absolute Gasteiger partial charge is 0.496 e. The highest BCUT2D eigenvalue weighted by atomic mass is 16.5. The number of para-hydroxylation sites is 1. The Balaban J connectivity index is 1.57. The zero-order valence-corrected chi connectivity index (χ0v) is 14.7. The lowest BCUT2D eigenvalue weighted by Gasteiger charge is -2.32. The quantitative estimate of drug-likeness (QED) is 0.905. The first-order valence-corrected chi connectivity index (χ1v) is 8.64. The number of carbonyl (C=O) groups excluding carboxylic acids is 1. The van der Waals surface area contributed by atoms with Crippen molar-refractivity contribution in [2.75, 3.05) is 32.1 Å². The zero-order valence-electron chi connectivity index (χ0n) is 14.7. The average molecular weight is 340 g/mol. The summed E-state index contributed by atoms with van der Waals surface area (Å²) in [6, 6.07) is 11.8. The lowest BCUT2D eigenvalue weighted by Crippen LogP contribution is -2.35. The van der Waals surface area contributed by atoms with Crippen molar-refractivity contribution in [3.63, 3.8) is 0 Å². The molecule has 0 bridgehead atoms. The smallest absolute Gasteiger partial charge is 0.271 e. The predicted molar refractivity (Wildman–Crippen MR) is 97.1 cm³/mol. The molecule has 0 spiro atoms. The van der Waals surface area contributed by atoms with E-state index in [-0.39, 0.29) is 5.91 Å². The third-order valence-electron chi connectivity index (χ3n) is 4.75. The Morgan fingerprint density at radius 3 is 2.60 bits per heavy atom. The molecule has 3 rings (SSSR count). The zero-order chi connectivity index (χ0) is 17.6. The number of ether oxygens (including phenoxy) is 1. The highest BCUT2D eigenvalue weighted by molar-refractivity contribution is 5.91. The summed E-state index contributed by atoms with van der Waals surface area (Å²) in [4.78, 5) is 13.8. The molecule has 0 atom stereocenters. The monoisotopic (exact) mass is 340 g/mol. The van der Waals surface area contributed by atoms with Crippen LogP contribution in [-0.2, 0) is 6.42 Å². The van der Waals surface area contributed by atoms with Gasteiger partial charge in [0.15, 0.2) is 11.5 Å². The second-order valence-corrected chi connectivity index (χ2v) is 6.30. The van der Waals surface area contributed by atoms with Crippen molar-refractivity contribution in [3.05, 3.63) is 47.7 Å². The van der Waals surface area contributed by atoms with Crippen molar-refractivity contribution in [1.29, 1.82) is 0 Å². The van der Waals surface area contributed by atoms with Gasteiger partial charge in [-0.3, -0.25) is 4.79 Å². The number of benzene rings is 1. The van der Waals surface area contributed by atoms with Gasteiger partial charge in [0.2, 0.25) is 0 Å². The van der Waals surface area contributed by atoms with Crippen LogP contribution in [0.25, 0.3) is 0 Å². The summed E-state index contributed by atoms with van der Waals surface area (Å²) < 4.78 is 5.46. The van der Waals surface area contributed by atoms with Gasteiger partial charge in [-0.25, -0.2) is 0 Å². The molecule has 6 nitrogen and oxygen atoms in total. The maximum Gasteiger partial charge on any atom is 0.271 e. The first-order chi connectivity index (χ1) is 12.2. The Morgan fingerprint density at radius 1 is 1.20 bits per heavy atom. The summed E-state index contributed by atoms with van der Waals surface area (Å²) in [7, 11) is 3.31. The maximum atomic E-state index is 11.5. The van der Waals surface area contributed by atoms with Gasteiger partial charge in [-0.2, -0.15) is 0 Å². The SMILES string of the molecule is CNC(=O)c1ccc(N2CCC(Cc3ccccc3OC)CC2)nn1. The summed E-state index contributed by atoms with van der Waals surface area (Å²) in [5.41, 5.74) is 1.62. The second kappa shape index (κ2) is 7.96. The van der Waals surface area contributed by atoms with E-state index in [1.165, 1.54) is 5.56 Å². The number of nitrogens with zero attached hydrogens (tertiary/aromatic N) is 3. The van der Waals surface area contributed by atoms with Crippen LogP contribution in [0.4, 0.5) is 5.82 Å². The Kier molecular flexibility index (Phi) is 5.48. The molecule has 25 heavy (non-hydrogen) atoms. The number of aromatic nitrogens is 2. The molecule has 0 radical (unpaired) electrons. The van der Waals surface area contributed by atoms with Crippen LogP contribution in [0.1, 0.15) is 28.9 Å². The van der Waals surface area contributed by atoms with Crippen molar-refractivity contribution < 1.29 is 9.53 Å². The first-order valence-electron chi connectivity index (χ1n) is 8.64. The highest BCUT2D eigenvalue weighted by Gasteiger charge is 2.22. The number of hydrogen-bond acceptors (Lipinski definition) is 5. The van der Waals surface area contributed by atoms with Crippen molar-refractivity contribution in [3.8, 4) is 5.75 Å². The van der Waals surface area contributed by atoms with Crippen LogP contribution in [-0.4, -0.2) is 43.4 Å². The van der Waals surface area contributed by atoms with Crippen LogP contribution in [0, 0.1) is 5.92 Å². The van der Waals surface area contributed by atoms with Crippen LogP contribution in [0.2, 0.25) is 0 Å². The average Bonchev–Trinajstić information content (AvgIpc) is 2.68. The first kappa shape index (κ1) is 17.2. The molecule has 1 N–H and O–H groups in total. The van der Waals surface area contributed by atoms with E-state index in [2.05, 4.69) is 32.5 Å². The van der Waals surface area contributed by atoms with Crippen molar-refractivity contribution in [2.24, 2.45) is 5.92 Å². The van der Waals surface area contributed by atoms with Gasteiger partial charge in [0, 0.05) is 20.1 Å². The molecule has 1 saturated heterocycles. The minimum atomic E-state index is -0.213. The molecule has 1 aromatic carbocycles. The topological polar surface area (TPSA) is 67.4 Å². The van der Waals surface area contributed by atoms with E-state index in [1.54, 1.807) is 20.2 Å². The standard InChI is InChI=1S/C19H24N4O2/c1-20-19(24)16-7-8-18(22-21-16)23-11-9-14(10-12-23)13-15-5-3-4-6-17(15)25-2/h3-8,14H,9-13H2,1-2H3,(H,20,24). The van der Waals surface area contributed by atoms with Gasteiger partial charge < -0.3 is 15.0 Å². The fraction of sp³-hybridized carbons (Fsp3) is 0.421. The Hall–Kier alpha value is -2.63. The number of nitrogens with one attached hydrogen (secondary N) is 1. The molecule has 2 aromatic rings. The number of hydrogen-bond donors (Lipinski definition) is 1. The molecule has 1 amide bonds. The van der Waals surface area contributed by atoms with Gasteiger partial charge >= 0.3 is 0 Å². The van der Waals surface area contributed by atoms with E-state index in [1.807, 2.05) is 18.2 Å². The molecule has 6 heteroatoms. The van der Waals surface area contributed by atoms with Gasteiger partial charge in [0.05, 0.1) is 7.11 Å². The minimum Gasteiger partial charge on any atom is -0.496 e. The van der Waals surface area contributed by atoms with Crippen molar-refractivity contribution >= 4 is 11.7 Å². The minimum absolute atomic E-state index is 0.213. The van der Waals surface area contributed by atoms with Crippen LogP contribution in [0.5, 0.6) is 5.75 Å². The summed E-state index contributed by atoms with van der Waals surface area (Å²) in [6.45, 7) is 1.90. The van der Waals surface area contributed by atoms with E-state index in [9.17, 15) is 4.79 Å². The molecule has 0 saturated carbocycles. The van der Waals surface area contributed by atoms with Gasteiger partial charge in [-0.1, -0.05) is 18.2 Å². The van der Waals surface area contributed by atoms with Gasteiger partial charge in [-0.15, -0.1) is 10.2 Å². The summed E-state index contributed by atoms with van der Waals surface area (Å²) in [5.74, 6) is 2.24. The molecular weight excluding hydrogens is 316 g/mol. The molecular formula is C19H24N4O2. The Bertz CT molecular complexity index is 710. The molecule has 132 valence electrons. The third-order valence-corrected chi connectivity index (χ3v) is 4.75. The lowest BCUT2D eigenvalue weighted by molar-refractivity contribution is 0.0957. The molecule has 1 aromatic heterocycles. The van der Waals surface area contributed by atoms with Crippen molar-refractivity contribution in [2.45, 2.75) is 19.3 Å². The van der Waals surface area contributed by atoms with Crippen LogP contribution in [0.3, 0.4) is 0 Å². The summed E-state index contributed by atoms with van der Waals surface area (Å²) in [5, 5.41) is 10.8. The van der Waals surface area contributed by atoms with E-state index in [4.69, 9.17) is 4.74 Å². The fourth-order valence-electron chi connectivity index (χ4n) is 3.29. The number of carbonyl (C=O) groups is 1. The molecule has 2 heterocycles. The highest BCUT2D eigenvalue weighted by Crippen LogP contribution is 2.28. The number of anilines is 1. The summed E-state index contributed by atoms with van der Waals surface area (Å²) >= 11 is 0. The number of amides is 1. The van der Waals surface area contributed by atoms with Gasteiger partial charge in [0.1, 0.15) is 5.75 Å². The van der Waals surface area contributed by atoms with Crippen LogP contribution >= 0.6 is 0 Å². The number of piperidine rings is 1. The Labute approximate surface area is 148 Å². The van der Waals surface area contributed by atoms with E-state index < -0.39 is 0 Å². The molecule has 1 aliphatic rings. The molecule has 0 unspecified atom stereocenters. The second-order valence-electron chi connectivity index (χ2n) is 6.30. The lowest BCUT2D eigenvalue weighted by atomic mass is 9.90. The number of methoxy groups -OCH3 is 1. The normalized spacial score (nSPS) is 15.0. The van der Waals surface area contributed by atoms with Crippen molar-refractivity contribution in [1.82, 2.24) is 15.5 Å². The van der Waals surface area contributed by atoms with E-state index in [0.29, 0.717) is 11.6 Å². The van der Waals surface area contributed by atoms with E-state index >= 15 is 0 Å². The van der Waals surface area contributed by atoms with Crippen LogP contribution < -0.4 is 15.0 Å². The molecule has 1 aliphatic heterocycles. The summed E-state index contributed by atoms with van der Waals surface area (Å²) in [6.07, 6.45) is 3.26. The fourth-order valence-corrected chi connectivity index (χ4v) is 3.29.